The quantitative estimate of drug-likeness (QED) is 0.207. The van der Waals surface area contributed by atoms with Crippen molar-refractivity contribution in [3.05, 3.63) is 138 Å². The first-order valence-electron chi connectivity index (χ1n) is 17.9. The molecule has 0 bridgehead atoms. The molecule has 0 spiro atoms. The molecule has 4 aromatic carbocycles. The Hall–Kier alpha value is -3.84. The van der Waals surface area contributed by atoms with Crippen molar-refractivity contribution in [2.45, 2.75) is 115 Å². The Morgan fingerprint density at radius 1 is 0.609 bits per heavy atom. The summed E-state index contributed by atoms with van der Waals surface area (Å²) in [7, 11) is 0. The number of hydrogen-bond acceptors (Lipinski definition) is 1. The first-order valence-corrected chi connectivity index (χ1v) is 17.9. The van der Waals surface area contributed by atoms with Gasteiger partial charge in [-0.25, -0.2) is 0 Å². The first kappa shape index (κ1) is 42.2. The number of hydrogen-bond donors (Lipinski definition) is 0. The molecular formula is C45H65N. The van der Waals surface area contributed by atoms with Crippen molar-refractivity contribution in [2.75, 3.05) is 4.90 Å². The molecule has 0 radical (unpaired) electrons. The molecule has 0 saturated heterocycles. The highest BCUT2D eigenvalue weighted by molar-refractivity contribution is 5.76. The molecule has 0 heterocycles. The Labute approximate surface area is 285 Å². The minimum atomic E-state index is 1.02. The second-order valence-electron chi connectivity index (χ2n) is 10.3. The zero-order chi connectivity index (χ0) is 34.9. The molecule has 0 amide bonds. The monoisotopic (exact) mass is 620 g/mol. The van der Waals surface area contributed by atoms with E-state index in [4.69, 9.17) is 0 Å². The molecular weight excluding hydrogens is 555 g/mol. The molecule has 0 unspecified atom stereocenters. The van der Waals surface area contributed by atoms with E-state index < -0.39 is 0 Å². The number of nitrogens with zero attached hydrogens (tertiary/aromatic N) is 1. The van der Waals surface area contributed by atoms with Crippen LogP contribution in [0.4, 0.5) is 11.4 Å². The van der Waals surface area contributed by atoms with E-state index in [0.29, 0.717) is 0 Å². The van der Waals surface area contributed by atoms with Crippen LogP contribution in [0.3, 0.4) is 0 Å². The Morgan fingerprint density at radius 3 is 1.57 bits per heavy atom. The summed E-state index contributed by atoms with van der Waals surface area (Å²) in [6.45, 7) is 28.7. The smallest absolute Gasteiger partial charge is 0.0464 e. The van der Waals surface area contributed by atoms with Gasteiger partial charge in [-0.1, -0.05) is 159 Å². The van der Waals surface area contributed by atoms with Crippen LogP contribution in [0, 0.1) is 13.8 Å². The first-order chi connectivity index (χ1) is 22.4. The maximum absolute atomic E-state index is 4.25. The fourth-order valence-electron chi connectivity index (χ4n) is 4.91. The zero-order valence-corrected chi connectivity index (χ0v) is 31.5. The van der Waals surface area contributed by atoms with Gasteiger partial charge < -0.3 is 4.90 Å². The lowest BCUT2D eigenvalue weighted by molar-refractivity contribution is 0.742. The van der Waals surface area contributed by atoms with Crippen molar-refractivity contribution < 1.29 is 0 Å². The van der Waals surface area contributed by atoms with Gasteiger partial charge in [0, 0.05) is 17.1 Å². The van der Waals surface area contributed by atoms with Crippen LogP contribution in [0.15, 0.2) is 115 Å². The highest BCUT2D eigenvalue weighted by Crippen LogP contribution is 2.34. The molecule has 46 heavy (non-hydrogen) atoms. The molecule has 1 aliphatic carbocycles. The van der Waals surface area contributed by atoms with Crippen LogP contribution in [-0.2, 0) is 6.42 Å². The Bertz CT molecular complexity index is 1360. The number of rotatable bonds is 6. The number of aryl methyl sites for hydroxylation is 3. The normalized spacial score (nSPS) is 11.0. The van der Waals surface area contributed by atoms with Crippen molar-refractivity contribution in [1.29, 1.82) is 0 Å². The van der Waals surface area contributed by atoms with Gasteiger partial charge in [0.1, 0.15) is 0 Å². The summed E-state index contributed by atoms with van der Waals surface area (Å²) in [5.41, 5.74) is 12.7. The van der Waals surface area contributed by atoms with Crippen molar-refractivity contribution in [3.8, 4) is 11.1 Å². The predicted molar refractivity (Wildman–Crippen MR) is 212 cm³/mol. The summed E-state index contributed by atoms with van der Waals surface area (Å²) in [6.07, 6.45) is 8.53. The van der Waals surface area contributed by atoms with Gasteiger partial charge in [-0.2, -0.15) is 0 Å². The van der Waals surface area contributed by atoms with Crippen LogP contribution < -0.4 is 4.90 Å². The van der Waals surface area contributed by atoms with Gasteiger partial charge in [0.2, 0.25) is 0 Å². The molecule has 4 aromatic rings. The maximum Gasteiger partial charge on any atom is 0.0464 e. The average molecular weight is 620 g/mol. The lowest BCUT2D eigenvalue weighted by Gasteiger charge is -2.26. The number of anilines is 2. The molecule has 0 aliphatic heterocycles. The van der Waals surface area contributed by atoms with E-state index in [1.807, 2.05) is 55.4 Å². The standard InChI is InChI=1S/C28H29N.C9H12.4C2H6/c1-21(2)29(28-11-7-10-26(20-28)23-8-5-4-6-9-23)27-18-16-25(17-19-27)24-14-12-22(3)13-15-24;1-3-9-6-4-8(2)5-7-9;4*1-2/h7-8,10-20H,1,4-6,9H2,2-3H3;4-7H,3H2,1-2H3;4*1-2H3. The van der Waals surface area contributed by atoms with Gasteiger partial charge in [0.05, 0.1) is 0 Å². The molecule has 1 aliphatic rings. The van der Waals surface area contributed by atoms with E-state index in [1.165, 1.54) is 70.3 Å². The molecule has 1 nitrogen and oxygen atoms in total. The van der Waals surface area contributed by atoms with Gasteiger partial charge in [-0.3, -0.25) is 0 Å². The SMILES string of the molecule is C=C(C)N(c1ccc(-c2ccc(C)cc2)cc1)c1cccc(C2=CCCCC2)c1.CC.CC.CC.CC.CCc1ccc(C)cc1. The van der Waals surface area contributed by atoms with Gasteiger partial charge in [0.25, 0.3) is 0 Å². The molecule has 0 atom stereocenters. The molecule has 250 valence electrons. The van der Waals surface area contributed by atoms with E-state index in [0.717, 1.165) is 17.8 Å². The van der Waals surface area contributed by atoms with Crippen molar-refractivity contribution in [1.82, 2.24) is 0 Å². The van der Waals surface area contributed by atoms with Crippen molar-refractivity contribution in [2.24, 2.45) is 0 Å². The third kappa shape index (κ3) is 14.1. The topological polar surface area (TPSA) is 3.24 Å². The number of allylic oxidation sites excluding steroid dienone is 3. The minimum Gasteiger partial charge on any atom is -0.315 e. The van der Waals surface area contributed by atoms with E-state index in [2.05, 4.69) is 142 Å². The fraction of sp³-hybridized carbons (Fsp3) is 0.378. The molecule has 0 aromatic heterocycles. The molecule has 0 saturated carbocycles. The average Bonchev–Trinajstić information content (AvgIpc) is 3.13. The molecule has 0 N–H and O–H groups in total. The molecule has 5 rings (SSSR count). The van der Waals surface area contributed by atoms with Crippen molar-refractivity contribution in [3.63, 3.8) is 0 Å². The Kier molecular flexibility index (Phi) is 23.2. The zero-order valence-electron chi connectivity index (χ0n) is 31.5. The summed E-state index contributed by atoms with van der Waals surface area (Å²) < 4.78 is 0. The van der Waals surface area contributed by atoms with E-state index in [9.17, 15) is 0 Å². The van der Waals surface area contributed by atoms with Crippen LogP contribution in [0.5, 0.6) is 0 Å². The highest BCUT2D eigenvalue weighted by Gasteiger charge is 2.13. The van der Waals surface area contributed by atoms with Gasteiger partial charge >= 0.3 is 0 Å². The van der Waals surface area contributed by atoms with Crippen LogP contribution in [0.25, 0.3) is 16.7 Å². The second-order valence-corrected chi connectivity index (χ2v) is 10.3. The van der Waals surface area contributed by atoms with E-state index >= 15 is 0 Å². The summed E-state index contributed by atoms with van der Waals surface area (Å²) >= 11 is 0. The largest absolute Gasteiger partial charge is 0.315 e. The fourth-order valence-corrected chi connectivity index (χ4v) is 4.91. The lowest BCUT2D eigenvalue weighted by Crippen LogP contribution is -2.13. The van der Waals surface area contributed by atoms with Gasteiger partial charge in [-0.15, -0.1) is 0 Å². The van der Waals surface area contributed by atoms with E-state index in [-0.39, 0.29) is 0 Å². The third-order valence-corrected chi connectivity index (χ3v) is 7.19. The highest BCUT2D eigenvalue weighted by atomic mass is 15.1. The summed E-state index contributed by atoms with van der Waals surface area (Å²) in [4.78, 5) is 2.24. The van der Waals surface area contributed by atoms with Gasteiger partial charge in [0.15, 0.2) is 0 Å². The summed E-state index contributed by atoms with van der Waals surface area (Å²) in [5.74, 6) is 0. The minimum absolute atomic E-state index is 1.02. The summed E-state index contributed by atoms with van der Waals surface area (Å²) in [5, 5.41) is 0. The number of benzene rings is 4. The maximum atomic E-state index is 4.25. The van der Waals surface area contributed by atoms with Gasteiger partial charge in [-0.05, 0) is 105 Å². The van der Waals surface area contributed by atoms with Crippen LogP contribution in [0.1, 0.15) is 117 Å². The lowest BCUT2D eigenvalue weighted by atomic mass is 9.93. The summed E-state index contributed by atoms with van der Waals surface area (Å²) in [6, 6.07) is 35.0. The van der Waals surface area contributed by atoms with Crippen LogP contribution >= 0.6 is 0 Å². The van der Waals surface area contributed by atoms with E-state index in [1.54, 1.807) is 0 Å². The predicted octanol–water partition coefficient (Wildman–Crippen LogP) is 15.0. The van der Waals surface area contributed by atoms with Crippen molar-refractivity contribution >= 4 is 16.9 Å². The second kappa shape index (κ2) is 25.4. The Morgan fingerprint density at radius 2 is 1.11 bits per heavy atom. The Balaban J connectivity index is 0.000000997. The third-order valence-electron chi connectivity index (χ3n) is 7.19. The molecule has 1 heteroatoms. The van der Waals surface area contributed by atoms with Crippen LogP contribution in [-0.4, -0.2) is 0 Å². The van der Waals surface area contributed by atoms with Crippen LogP contribution in [0.2, 0.25) is 0 Å². The molecule has 0 fully saturated rings.